The molecule has 0 aromatic heterocycles. The summed E-state index contributed by atoms with van der Waals surface area (Å²) in [5, 5.41) is 5.51. The van der Waals surface area contributed by atoms with Crippen LogP contribution >= 0.6 is 0 Å². The van der Waals surface area contributed by atoms with Crippen molar-refractivity contribution in [2.24, 2.45) is 0 Å². The second-order valence-electron chi connectivity index (χ2n) is 6.59. The van der Waals surface area contributed by atoms with Gasteiger partial charge in [-0.15, -0.1) is 0 Å². The Morgan fingerprint density at radius 1 is 0.962 bits per heavy atom. The summed E-state index contributed by atoms with van der Waals surface area (Å²) in [4.78, 5) is 0. The second-order valence-corrected chi connectivity index (χ2v) is 8.28. The third-order valence-corrected chi connectivity index (χ3v) is 5.94. The van der Waals surface area contributed by atoms with E-state index in [-0.39, 0.29) is 5.75 Å². The molecule has 0 amide bonds. The summed E-state index contributed by atoms with van der Waals surface area (Å²) >= 11 is 0. The molecule has 0 fully saturated rings. The number of aryl methyl sites for hydroxylation is 1. The van der Waals surface area contributed by atoms with Crippen molar-refractivity contribution < 1.29 is 12.6 Å². The van der Waals surface area contributed by atoms with Crippen molar-refractivity contribution in [3.05, 3.63) is 77.4 Å². The van der Waals surface area contributed by atoms with E-state index in [0.29, 0.717) is 12.2 Å². The van der Waals surface area contributed by atoms with E-state index in [9.17, 15) is 8.42 Å². The van der Waals surface area contributed by atoms with Crippen LogP contribution in [0.1, 0.15) is 16.7 Å². The molecule has 0 bridgehead atoms. The molecule has 3 aromatic rings. The Hall–Kier alpha value is -2.37. The molecular weight excluding hydrogens is 346 g/mol. The van der Waals surface area contributed by atoms with Crippen LogP contribution in [0, 0.1) is 0 Å². The molecule has 26 heavy (non-hydrogen) atoms. The van der Waals surface area contributed by atoms with Crippen LogP contribution in [-0.2, 0) is 29.5 Å². The summed E-state index contributed by atoms with van der Waals surface area (Å²) in [6, 6.07) is 19.5. The van der Waals surface area contributed by atoms with Crippen LogP contribution in [0.25, 0.3) is 10.8 Å². The Morgan fingerprint density at radius 3 is 2.73 bits per heavy atom. The fraction of sp³-hybridized carbons (Fsp3) is 0.238. The van der Waals surface area contributed by atoms with Gasteiger partial charge in [-0.2, -0.15) is 8.42 Å². The molecule has 4 rings (SSSR count). The van der Waals surface area contributed by atoms with E-state index in [1.54, 1.807) is 6.07 Å². The van der Waals surface area contributed by atoms with Gasteiger partial charge >= 0.3 is 10.1 Å². The molecule has 5 heteroatoms. The summed E-state index contributed by atoms with van der Waals surface area (Å²) in [6.45, 7) is 1.73. The van der Waals surface area contributed by atoms with Crippen molar-refractivity contribution in [2.75, 3.05) is 12.3 Å². The third kappa shape index (κ3) is 3.74. The Balaban J connectivity index is 1.49. The Kier molecular flexibility index (Phi) is 4.66. The summed E-state index contributed by atoms with van der Waals surface area (Å²) in [7, 11) is -3.64. The standard InChI is InChI=1S/C21H21NO3S/c23-26(24,25-20-9-8-19-15-22-12-10-18(19)14-20)13-11-17-6-3-5-16-4-1-2-7-21(16)17/h1-9,14,22H,10-13,15H2. The van der Waals surface area contributed by atoms with Gasteiger partial charge in [-0.1, -0.05) is 48.5 Å². The quantitative estimate of drug-likeness (QED) is 0.702. The minimum Gasteiger partial charge on any atom is -0.382 e. The first-order valence-corrected chi connectivity index (χ1v) is 10.4. The number of benzene rings is 3. The van der Waals surface area contributed by atoms with Gasteiger partial charge in [0.1, 0.15) is 5.75 Å². The third-order valence-electron chi connectivity index (χ3n) is 4.79. The molecule has 0 unspecified atom stereocenters. The van der Waals surface area contributed by atoms with Gasteiger partial charge in [-0.3, -0.25) is 0 Å². The lowest BCUT2D eigenvalue weighted by Crippen LogP contribution is -2.23. The number of hydrogen-bond donors (Lipinski definition) is 1. The second kappa shape index (κ2) is 7.09. The monoisotopic (exact) mass is 367 g/mol. The van der Waals surface area contributed by atoms with Gasteiger partial charge in [-0.25, -0.2) is 0 Å². The molecule has 134 valence electrons. The lowest BCUT2D eigenvalue weighted by atomic mass is 10.0. The Bertz CT molecular complexity index is 1040. The lowest BCUT2D eigenvalue weighted by Gasteiger charge is -2.17. The van der Waals surface area contributed by atoms with Crippen molar-refractivity contribution in [1.29, 1.82) is 0 Å². The van der Waals surface area contributed by atoms with E-state index >= 15 is 0 Å². The van der Waals surface area contributed by atoms with Gasteiger partial charge in [0.2, 0.25) is 0 Å². The van der Waals surface area contributed by atoms with Crippen molar-refractivity contribution in [2.45, 2.75) is 19.4 Å². The van der Waals surface area contributed by atoms with Crippen LogP contribution in [0.5, 0.6) is 5.75 Å². The number of fused-ring (bicyclic) bond motifs is 2. The molecule has 1 N–H and O–H groups in total. The zero-order valence-electron chi connectivity index (χ0n) is 14.4. The largest absolute Gasteiger partial charge is 0.382 e. The smallest absolute Gasteiger partial charge is 0.309 e. The normalized spacial score (nSPS) is 14.2. The van der Waals surface area contributed by atoms with E-state index in [1.807, 2.05) is 54.6 Å². The van der Waals surface area contributed by atoms with Crippen LogP contribution in [0.3, 0.4) is 0 Å². The van der Waals surface area contributed by atoms with Crippen LogP contribution < -0.4 is 9.50 Å². The maximum Gasteiger partial charge on any atom is 0.309 e. The maximum absolute atomic E-state index is 12.4. The predicted molar refractivity (Wildman–Crippen MR) is 104 cm³/mol. The topological polar surface area (TPSA) is 55.4 Å². The van der Waals surface area contributed by atoms with Crippen LogP contribution in [0.4, 0.5) is 0 Å². The van der Waals surface area contributed by atoms with Crippen molar-refractivity contribution in [3.8, 4) is 5.75 Å². The number of hydrogen-bond acceptors (Lipinski definition) is 4. The number of nitrogens with one attached hydrogen (secondary N) is 1. The molecule has 4 nitrogen and oxygen atoms in total. The van der Waals surface area contributed by atoms with Gasteiger partial charge in [0, 0.05) is 6.54 Å². The van der Waals surface area contributed by atoms with Crippen LogP contribution in [-0.4, -0.2) is 20.7 Å². The summed E-state index contributed by atoms with van der Waals surface area (Å²) in [5.41, 5.74) is 3.38. The zero-order chi connectivity index (χ0) is 18.0. The SMILES string of the molecule is O=S(=O)(CCc1cccc2ccccc12)Oc1ccc2c(c1)CCNC2. The minimum atomic E-state index is -3.64. The molecule has 0 saturated carbocycles. The zero-order valence-corrected chi connectivity index (χ0v) is 15.3. The molecule has 1 aliphatic rings. The van der Waals surface area contributed by atoms with E-state index in [4.69, 9.17) is 4.18 Å². The molecule has 0 saturated heterocycles. The Morgan fingerprint density at radius 2 is 1.81 bits per heavy atom. The van der Waals surface area contributed by atoms with Crippen molar-refractivity contribution >= 4 is 20.9 Å². The summed E-state index contributed by atoms with van der Waals surface area (Å²) < 4.78 is 30.2. The first-order valence-electron chi connectivity index (χ1n) is 8.82. The van der Waals surface area contributed by atoms with E-state index < -0.39 is 10.1 Å². The fourth-order valence-corrected chi connectivity index (χ4v) is 4.39. The molecule has 1 aliphatic heterocycles. The molecule has 0 aliphatic carbocycles. The van der Waals surface area contributed by atoms with E-state index in [2.05, 4.69) is 5.32 Å². The van der Waals surface area contributed by atoms with Crippen molar-refractivity contribution in [3.63, 3.8) is 0 Å². The average Bonchev–Trinajstić information content (AvgIpc) is 2.66. The highest BCUT2D eigenvalue weighted by Gasteiger charge is 2.16. The van der Waals surface area contributed by atoms with Gasteiger partial charge in [-0.05, 0) is 59.0 Å². The van der Waals surface area contributed by atoms with E-state index in [0.717, 1.165) is 41.4 Å². The fourth-order valence-electron chi connectivity index (χ4n) is 3.44. The molecular formula is C21H21NO3S. The predicted octanol–water partition coefficient (Wildman–Crippen LogP) is 3.44. The number of rotatable bonds is 5. The van der Waals surface area contributed by atoms with Gasteiger partial charge in [0.15, 0.2) is 0 Å². The molecule has 0 spiro atoms. The molecule has 3 aromatic carbocycles. The highest BCUT2D eigenvalue weighted by atomic mass is 32.2. The summed E-state index contributed by atoms with van der Waals surface area (Å²) in [5.74, 6) is 0.364. The highest BCUT2D eigenvalue weighted by Crippen LogP contribution is 2.23. The molecule has 1 heterocycles. The van der Waals surface area contributed by atoms with Gasteiger partial charge in [0.25, 0.3) is 0 Å². The first-order chi connectivity index (χ1) is 12.6. The first kappa shape index (κ1) is 17.1. The Labute approximate surface area is 153 Å². The minimum absolute atomic E-state index is 0.0420. The molecule has 0 radical (unpaired) electrons. The highest BCUT2D eigenvalue weighted by molar-refractivity contribution is 7.87. The average molecular weight is 367 g/mol. The van der Waals surface area contributed by atoms with E-state index in [1.165, 1.54) is 5.56 Å². The van der Waals surface area contributed by atoms with Gasteiger partial charge < -0.3 is 9.50 Å². The van der Waals surface area contributed by atoms with Crippen LogP contribution in [0.15, 0.2) is 60.7 Å². The van der Waals surface area contributed by atoms with Gasteiger partial charge in [0.05, 0.1) is 5.75 Å². The maximum atomic E-state index is 12.4. The molecule has 0 atom stereocenters. The summed E-state index contributed by atoms with van der Waals surface area (Å²) in [6.07, 6.45) is 1.32. The lowest BCUT2D eigenvalue weighted by molar-refractivity contribution is 0.484. The van der Waals surface area contributed by atoms with Crippen molar-refractivity contribution in [1.82, 2.24) is 5.32 Å². The van der Waals surface area contributed by atoms with Crippen LogP contribution in [0.2, 0.25) is 0 Å².